The van der Waals surface area contributed by atoms with Gasteiger partial charge in [0.25, 0.3) is 5.56 Å². The number of hydrogen-bond donors (Lipinski definition) is 2. The van der Waals surface area contributed by atoms with Crippen LogP contribution in [0, 0.1) is 11.8 Å². The molecule has 0 unspecified atom stereocenters. The third-order valence-corrected chi connectivity index (χ3v) is 4.68. The molecule has 4 heteroatoms. The van der Waals surface area contributed by atoms with Gasteiger partial charge in [0.1, 0.15) is 11.6 Å². The van der Waals surface area contributed by atoms with E-state index < -0.39 is 0 Å². The Morgan fingerprint density at radius 3 is 2.20 bits per heavy atom. The van der Waals surface area contributed by atoms with Crippen molar-refractivity contribution in [2.45, 2.75) is 65.2 Å². The molecule has 1 fully saturated rings. The molecule has 0 amide bonds. The van der Waals surface area contributed by atoms with Crippen molar-refractivity contribution in [2.24, 2.45) is 11.8 Å². The van der Waals surface area contributed by atoms with E-state index in [0.29, 0.717) is 17.3 Å². The molecule has 0 aliphatic heterocycles. The lowest BCUT2D eigenvalue weighted by molar-refractivity contribution is 0.254. The quantitative estimate of drug-likeness (QED) is 0.889. The van der Waals surface area contributed by atoms with Crippen LogP contribution in [-0.4, -0.2) is 9.97 Å². The molecule has 1 aromatic heterocycles. The lowest BCUT2D eigenvalue weighted by Gasteiger charge is -2.30. The maximum absolute atomic E-state index is 12.1. The van der Waals surface area contributed by atoms with E-state index in [1.807, 2.05) is 13.8 Å². The second-order valence-corrected chi connectivity index (χ2v) is 6.76. The van der Waals surface area contributed by atoms with Crippen LogP contribution < -0.4 is 11.3 Å². The average molecular weight is 277 g/mol. The fourth-order valence-electron chi connectivity index (χ4n) is 3.33. The van der Waals surface area contributed by atoms with E-state index in [2.05, 4.69) is 23.8 Å². The zero-order chi connectivity index (χ0) is 14.9. The van der Waals surface area contributed by atoms with Gasteiger partial charge >= 0.3 is 0 Å². The molecule has 4 nitrogen and oxygen atoms in total. The van der Waals surface area contributed by atoms with Crippen molar-refractivity contribution in [3.8, 4) is 0 Å². The van der Waals surface area contributed by atoms with Gasteiger partial charge in [0.2, 0.25) is 0 Å². The van der Waals surface area contributed by atoms with Crippen molar-refractivity contribution in [2.75, 3.05) is 5.73 Å². The van der Waals surface area contributed by atoms with Crippen molar-refractivity contribution >= 4 is 5.82 Å². The minimum Gasteiger partial charge on any atom is -0.383 e. The van der Waals surface area contributed by atoms with E-state index in [0.717, 1.165) is 30.5 Å². The first-order valence-corrected chi connectivity index (χ1v) is 7.79. The predicted octanol–water partition coefficient (Wildman–Crippen LogP) is 3.41. The second-order valence-electron chi connectivity index (χ2n) is 6.76. The van der Waals surface area contributed by atoms with Crippen molar-refractivity contribution in [1.82, 2.24) is 9.97 Å². The number of hydrogen-bond acceptors (Lipinski definition) is 3. The van der Waals surface area contributed by atoms with E-state index in [4.69, 9.17) is 5.73 Å². The standard InChI is InChI=1S/C16H27N3O/c1-9(2)11-5-7-12(8-6-11)15-18-14(17)13(10(3)4)16(20)19-15/h9-12H,5-8H2,1-4H3,(H3,17,18,19,20). The zero-order valence-corrected chi connectivity index (χ0v) is 13.1. The Kier molecular flexibility index (Phi) is 4.51. The lowest BCUT2D eigenvalue weighted by Crippen LogP contribution is -2.25. The molecule has 0 spiro atoms. The molecular weight excluding hydrogens is 250 g/mol. The van der Waals surface area contributed by atoms with Gasteiger partial charge in [-0.15, -0.1) is 0 Å². The van der Waals surface area contributed by atoms with Crippen LogP contribution >= 0.6 is 0 Å². The summed E-state index contributed by atoms with van der Waals surface area (Å²) in [5, 5.41) is 0. The van der Waals surface area contributed by atoms with E-state index in [9.17, 15) is 4.79 Å². The third-order valence-electron chi connectivity index (χ3n) is 4.68. The average Bonchev–Trinajstić information content (AvgIpc) is 2.37. The Morgan fingerprint density at radius 1 is 1.15 bits per heavy atom. The van der Waals surface area contributed by atoms with Gasteiger partial charge in [0.05, 0.1) is 5.56 Å². The predicted molar refractivity (Wildman–Crippen MR) is 82.9 cm³/mol. The fraction of sp³-hybridized carbons (Fsp3) is 0.750. The molecule has 112 valence electrons. The molecule has 0 aromatic carbocycles. The van der Waals surface area contributed by atoms with E-state index in [1.54, 1.807) is 0 Å². The first-order valence-electron chi connectivity index (χ1n) is 7.79. The number of aromatic nitrogens is 2. The van der Waals surface area contributed by atoms with E-state index >= 15 is 0 Å². The number of nitrogens with one attached hydrogen (secondary N) is 1. The van der Waals surface area contributed by atoms with Crippen LogP contribution in [0.5, 0.6) is 0 Å². The van der Waals surface area contributed by atoms with Crippen LogP contribution in [0.3, 0.4) is 0 Å². The largest absolute Gasteiger partial charge is 0.383 e. The summed E-state index contributed by atoms with van der Waals surface area (Å²) >= 11 is 0. The third kappa shape index (κ3) is 3.05. The highest BCUT2D eigenvalue weighted by Crippen LogP contribution is 2.37. The van der Waals surface area contributed by atoms with Crippen LogP contribution in [0.1, 0.15) is 76.6 Å². The van der Waals surface area contributed by atoms with Gasteiger partial charge in [-0.2, -0.15) is 0 Å². The maximum atomic E-state index is 12.1. The normalized spacial score (nSPS) is 23.5. The number of nitrogen functional groups attached to an aromatic ring is 1. The number of H-pyrrole nitrogens is 1. The first kappa shape index (κ1) is 15.1. The van der Waals surface area contributed by atoms with Gasteiger partial charge in [-0.25, -0.2) is 4.98 Å². The molecule has 0 bridgehead atoms. The van der Waals surface area contributed by atoms with Gasteiger partial charge in [-0.1, -0.05) is 27.7 Å². The van der Waals surface area contributed by atoms with Crippen LogP contribution in [0.15, 0.2) is 4.79 Å². The number of anilines is 1. The van der Waals surface area contributed by atoms with Gasteiger partial charge in [0, 0.05) is 5.92 Å². The molecule has 1 aromatic rings. The van der Waals surface area contributed by atoms with Crippen LogP contribution in [0.25, 0.3) is 0 Å². The highest BCUT2D eigenvalue weighted by Gasteiger charge is 2.26. The highest BCUT2D eigenvalue weighted by molar-refractivity contribution is 5.40. The molecule has 1 saturated carbocycles. The summed E-state index contributed by atoms with van der Waals surface area (Å²) in [4.78, 5) is 19.6. The SMILES string of the molecule is CC(C)c1c(N)nc(C2CCC(C(C)C)CC2)[nH]c1=O. The van der Waals surface area contributed by atoms with E-state index in [-0.39, 0.29) is 11.5 Å². The molecule has 20 heavy (non-hydrogen) atoms. The molecule has 3 N–H and O–H groups in total. The first-order chi connectivity index (χ1) is 9.40. The van der Waals surface area contributed by atoms with Crippen molar-refractivity contribution in [3.63, 3.8) is 0 Å². The van der Waals surface area contributed by atoms with Gasteiger partial charge in [-0.3, -0.25) is 4.79 Å². The Labute approximate surface area is 121 Å². The van der Waals surface area contributed by atoms with Gasteiger partial charge < -0.3 is 10.7 Å². The monoisotopic (exact) mass is 277 g/mol. The number of nitrogens with two attached hydrogens (primary N) is 1. The van der Waals surface area contributed by atoms with E-state index in [1.165, 1.54) is 12.8 Å². The van der Waals surface area contributed by atoms with Crippen LogP contribution in [0.4, 0.5) is 5.82 Å². The Bertz CT molecular complexity index is 511. The van der Waals surface area contributed by atoms with Crippen molar-refractivity contribution in [1.29, 1.82) is 0 Å². The van der Waals surface area contributed by atoms with Crippen LogP contribution in [0.2, 0.25) is 0 Å². The van der Waals surface area contributed by atoms with Crippen molar-refractivity contribution < 1.29 is 0 Å². The zero-order valence-electron chi connectivity index (χ0n) is 13.1. The summed E-state index contributed by atoms with van der Waals surface area (Å²) in [6, 6.07) is 0. The summed E-state index contributed by atoms with van der Waals surface area (Å²) in [6.45, 7) is 8.52. The molecule has 0 atom stereocenters. The molecule has 1 aliphatic carbocycles. The number of rotatable bonds is 3. The maximum Gasteiger partial charge on any atom is 0.256 e. The second kappa shape index (κ2) is 5.98. The summed E-state index contributed by atoms with van der Waals surface area (Å²) in [6.07, 6.45) is 4.65. The summed E-state index contributed by atoms with van der Waals surface area (Å²) < 4.78 is 0. The summed E-state index contributed by atoms with van der Waals surface area (Å²) in [5.74, 6) is 3.23. The molecule has 1 heterocycles. The Hall–Kier alpha value is -1.32. The lowest BCUT2D eigenvalue weighted by atomic mass is 9.76. The number of aromatic amines is 1. The Balaban J connectivity index is 2.17. The topological polar surface area (TPSA) is 71.8 Å². The molecular formula is C16H27N3O. The molecule has 0 saturated heterocycles. The molecule has 2 rings (SSSR count). The summed E-state index contributed by atoms with van der Waals surface area (Å²) in [5.41, 5.74) is 6.53. The summed E-state index contributed by atoms with van der Waals surface area (Å²) in [7, 11) is 0. The van der Waals surface area contributed by atoms with Gasteiger partial charge in [-0.05, 0) is 43.4 Å². The Morgan fingerprint density at radius 2 is 1.75 bits per heavy atom. The van der Waals surface area contributed by atoms with Crippen molar-refractivity contribution in [3.05, 3.63) is 21.7 Å². The highest BCUT2D eigenvalue weighted by atomic mass is 16.1. The fourth-order valence-corrected chi connectivity index (χ4v) is 3.33. The van der Waals surface area contributed by atoms with Crippen LogP contribution in [-0.2, 0) is 0 Å². The smallest absolute Gasteiger partial charge is 0.256 e. The van der Waals surface area contributed by atoms with Gasteiger partial charge in [0.15, 0.2) is 0 Å². The minimum atomic E-state index is -0.0616. The molecule has 1 aliphatic rings. The number of nitrogens with zero attached hydrogens (tertiary/aromatic N) is 1. The minimum absolute atomic E-state index is 0.0616. The molecule has 0 radical (unpaired) electrons.